The summed E-state index contributed by atoms with van der Waals surface area (Å²) in [6.07, 6.45) is 3.87. The molecule has 0 aliphatic heterocycles. The van der Waals surface area contributed by atoms with Crippen LogP contribution in [0.4, 0.5) is 0 Å². The van der Waals surface area contributed by atoms with Crippen LogP contribution in [0.3, 0.4) is 0 Å². The highest BCUT2D eigenvalue weighted by Crippen LogP contribution is 2.33. The van der Waals surface area contributed by atoms with Crippen molar-refractivity contribution in [1.29, 1.82) is 0 Å². The quantitative estimate of drug-likeness (QED) is 0.794. The monoisotopic (exact) mass is 192 g/mol. The Hall–Kier alpha value is -1.18. The second-order valence-electron chi connectivity index (χ2n) is 3.98. The van der Waals surface area contributed by atoms with Gasteiger partial charge in [-0.3, -0.25) is 0 Å². The average molecular weight is 192 g/mol. The molecule has 1 fully saturated rings. The molecular weight excluding hydrogens is 176 g/mol. The molecule has 1 aliphatic carbocycles. The summed E-state index contributed by atoms with van der Waals surface area (Å²) in [5, 5.41) is 9.44. The molecule has 0 saturated heterocycles. The number of phenolic OH excluding ortho intramolecular Hbond substituents is 1. The molecule has 1 N–H and O–H groups in total. The Morgan fingerprint density at radius 1 is 1.43 bits per heavy atom. The standard InChI is InChI=1S/C12H16O2/c1-9-11(13)3-2-4-12(9)14-8-7-10-5-6-10/h2-4,10,13H,5-8H2,1H3. The highest BCUT2D eigenvalue weighted by molar-refractivity contribution is 5.42. The van der Waals surface area contributed by atoms with E-state index in [1.165, 1.54) is 12.8 Å². The van der Waals surface area contributed by atoms with Crippen LogP contribution in [0.2, 0.25) is 0 Å². The van der Waals surface area contributed by atoms with Gasteiger partial charge in [-0.1, -0.05) is 18.9 Å². The van der Waals surface area contributed by atoms with E-state index < -0.39 is 0 Å². The smallest absolute Gasteiger partial charge is 0.125 e. The lowest BCUT2D eigenvalue weighted by atomic mass is 10.2. The lowest BCUT2D eigenvalue weighted by Gasteiger charge is -2.09. The van der Waals surface area contributed by atoms with E-state index in [-0.39, 0.29) is 0 Å². The van der Waals surface area contributed by atoms with Crippen LogP contribution in [0, 0.1) is 12.8 Å². The molecule has 0 unspecified atom stereocenters. The minimum atomic E-state index is 0.314. The van der Waals surface area contributed by atoms with Gasteiger partial charge in [-0.25, -0.2) is 0 Å². The van der Waals surface area contributed by atoms with Crippen LogP contribution in [-0.4, -0.2) is 11.7 Å². The Bertz CT molecular complexity index is 316. The highest BCUT2D eigenvalue weighted by Gasteiger charge is 2.20. The molecule has 0 amide bonds. The minimum Gasteiger partial charge on any atom is -0.508 e. The fourth-order valence-corrected chi connectivity index (χ4v) is 1.50. The van der Waals surface area contributed by atoms with Crippen LogP contribution in [0.5, 0.6) is 11.5 Å². The van der Waals surface area contributed by atoms with Gasteiger partial charge in [-0.2, -0.15) is 0 Å². The van der Waals surface area contributed by atoms with E-state index in [9.17, 15) is 5.11 Å². The summed E-state index contributed by atoms with van der Waals surface area (Å²) in [4.78, 5) is 0. The zero-order chi connectivity index (χ0) is 9.97. The maximum Gasteiger partial charge on any atom is 0.125 e. The van der Waals surface area contributed by atoms with E-state index >= 15 is 0 Å². The third-order valence-corrected chi connectivity index (χ3v) is 2.74. The molecule has 14 heavy (non-hydrogen) atoms. The topological polar surface area (TPSA) is 29.5 Å². The zero-order valence-electron chi connectivity index (χ0n) is 8.49. The molecular formula is C12H16O2. The van der Waals surface area contributed by atoms with E-state index in [4.69, 9.17) is 4.74 Å². The molecule has 1 aromatic rings. The molecule has 1 saturated carbocycles. The van der Waals surface area contributed by atoms with Crippen molar-refractivity contribution in [3.8, 4) is 11.5 Å². The van der Waals surface area contributed by atoms with E-state index in [1.807, 2.05) is 19.1 Å². The van der Waals surface area contributed by atoms with Gasteiger partial charge >= 0.3 is 0 Å². The van der Waals surface area contributed by atoms with Gasteiger partial charge in [0.05, 0.1) is 6.61 Å². The fourth-order valence-electron chi connectivity index (χ4n) is 1.50. The van der Waals surface area contributed by atoms with Crippen molar-refractivity contribution in [1.82, 2.24) is 0 Å². The van der Waals surface area contributed by atoms with E-state index in [2.05, 4.69) is 0 Å². The Balaban J connectivity index is 1.90. The van der Waals surface area contributed by atoms with Crippen LogP contribution in [0.25, 0.3) is 0 Å². The van der Waals surface area contributed by atoms with Gasteiger partial charge in [0, 0.05) is 5.56 Å². The van der Waals surface area contributed by atoms with E-state index in [0.717, 1.165) is 30.3 Å². The Morgan fingerprint density at radius 3 is 2.93 bits per heavy atom. The molecule has 0 radical (unpaired) electrons. The number of ether oxygens (including phenoxy) is 1. The molecule has 0 aromatic heterocycles. The summed E-state index contributed by atoms with van der Waals surface area (Å²) >= 11 is 0. The number of hydrogen-bond donors (Lipinski definition) is 1. The van der Waals surface area contributed by atoms with Gasteiger partial charge in [-0.15, -0.1) is 0 Å². The molecule has 1 aromatic carbocycles. The summed E-state index contributed by atoms with van der Waals surface area (Å²) in [5.74, 6) is 2.02. The van der Waals surface area contributed by atoms with Crippen molar-refractivity contribution >= 4 is 0 Å². The number of phenols is 1. The van der Waals surface area contributed by atoms with Crippen LogP contribution < -0.4 is 4.74 Å². The lowest BCUT2D eigenvalue weighted by Crippen LogP contribution is -1.99. The van der Waals surface area contributed by atoms with Crippen LogP contribution in [-0.2, 0) is 0 Å². The Morgan fingerprint density at radius 2 is 2.21 bits per heavy atom. The predicted molar refractivity (Wildman–Crippen MR) is 55.7 cm³/mol. The summed E-state index contributed by atoms with van der Waals surface area (Å²) in [5.41, 5.74) is 0.836. The van der Waals surface area contributed by atoms with Gasteiger partial charge in [0.15, 0.2) is 0 Å². The molecule has 0 atom stereocenters. The summed E-state index contributed by atoms with van der Waals surface area (Å²) in [6.45, 7) is 2.65. The molecule has 2 heteroatoms. The average Bonchev–Trinajstić information content (AvgIpc) is 2.96. The van der Waals surface area contributed by atoms with Crippen LogP contribution >= 0.6 is 0 Å². The van der Waals surface area contributed by atoms with E-state index in [0.29, 0.717) is 5.75 Å². The summed E-state index contributed by atoms with van der Waals surface area (Å²) < 4.78 is 5.61. The lowest BCUT2D eigenvalue weighted by molar-refractivity contribution is 0.298. The first-order chi connectivity index (χ1) is 6.77. The van der Waals surface area contributed by atoms with Crippen molar-refractivity contribution in [3.05, 3.63) is 23.8 Å². The third kappa shape index (κ3) is 2.19. The van der Waals surface area contributed by atoms with Crippen molar-refractivity contribution in [3.63, 3.8) is 0 Å². The van der Waals surface area contributed by atoms with Gasteiger partial charge < -0.3 is 9.84 Å². The normalized spacial score (nSPS) is 15.5. The Kier molecular flexibility index (Phi) is 2.62. The van der Waals surface area contributed by atoms with Gasteiger partial charge in [0.2, 0.25) is 0 Å². The maximum atomic E-state index is 9.44. The summed E-state index contributed by atoms with van der Waals surface area (Å²) in [7, 11) is 0. The molecule has 2 rings (SSSR count). The first-order valence-corrected chi connectivity index (χ1v) is 5.19. The van der Waals surface area contributed by atoms with Gasteiger partial charge in [0.1, 0.15) is 11.5 Å². The van der Waals surface area contributed by atoms with Gasteiger partial charge in [-0.05, 0) is 31.4 Å². The second kappa shape index (κ2) is 3.91. The maximum absolute atomic E-state index is 9.44. The van der Waals surface area contributed by atoms with Crippen LogP contribution in [0.15, 0.2) is 18.2 Å². The number of hydrogen-bond acceptors (Lipinski definition) is 2. The first kappa shape index (κ1) is 9.38. The zero-order valence-corrected chi connectivity index (χ0v) is 8.49. The highest BCUT2D eigenvalue weighted by atomic mass is 16.5. The summed E-state index contributed by atoms with van der Waals surface area (Å²) in [6, 6.07) is 5.40. The molecule has 0 heterocycles. The number of rotatable bonds is 4. The predicted octanol–water partition coefficient (Wildman–Crippen LogP) is 2.88. The third-order valence-electron chi connectivity index (χ3n) is 2.74. The molecule has 2 nitrogen and oxygen atoms in total. The van der Waals surface area contributed by atoms with Crippen molar-refractivity contribution < 1.29 is 9.84 Å². The van der Waals surface area contributed by atoms with Crippen LogP contribution in [0.1, 0.15) is 24.8 Å². The fraction of sp³-hybridized carbons (Fsp3) is 0.500. The second-order valence-corrected chi connectivity index (χ2v) is 3.98. The largest absolute Gasteiger partial charge is 0.508 e. The Labute approximate surface area is 84.5 Å². The molecule has 1 aliphatic rings. The first-order valence-electron chi connectivity index (χ1n) is 5.19. The number of benzene rings is 1. The van der Waals surface area contributed by atoms with Crippen molar-refractivity contribution in [2.75, 3.05) is 6.61 Å². The van der Waals surface area contributed by atoms with E-state index in [1.54, 1.807) is 6.07 Å². The minimum absolute atomic E-state index is 0.314. The molecule has 76 valence electrons. The molecule has 0 bridgehead atoms. The SMILES string of the molecule is Cc1c(O)cccc1OCCC1CC1. The molecule has 0 spiro atoms. The van der Waals surface area contributed by atoms with Crippen molar-refractivity contribution in [2.24, 2.45) is 5.92 Å². The van der Waals surface area contributed by atoms with Gasteiger partial charge in [0.25, 0.3) is 0 Å². The number of aromatic hydroxyl groups is 1. The van der Waals surface area contributed by atoms with Crippen molar-refractivity contribution in [2.45, 2.75) is 26.2 Å².